The predicted octanol–water partition coefficient (Wildman–Crippen LogP) is 2.34. The first-order chi connectivity index (χ1) is 7.25. The highest BCUT2D eigenvalue weighted by Crippen LogP contribution is 2.14. The van der Waals surface area contributed by atoms with Crippen LogP contribution in [-0.4, -0.2) is 24.0 Å². The van der Waals surface area contributed by atoms with E-state index in [-0.39, 0.29) is 12.4 Å². The molecular weight excluding hydrogens is 220 g/mol. The van der Waals surface area contributed by atoms with Crippen LogP contribution in [-0.2, 0) is 6.54 Å². The van der Waals surface area contributed by atoms with E-state index >= 15 is 0 Å². The monoisotopic (exact) mass is 240 g/mol. The third-order valence-corrected chi connectivity index (χ3v) is 3.20. The highest BCUT2D eigenvalue weighted by atomic mass is 35.5. The summed E-state index contributed by atoms with van der Waals surface area (Å²) in [6, 6.07) is 8.99. The number of halogens is 1. The van der Waals surface area contributed by atoms with E-state index in [0.29, 0.717) is 6.04 Å². The van der Waals surface area contributed by atoms with Crippen LogP contribution in [0.2, 0.25) is 0 Å². The standard InChI is InChI=1S/C13H20N2.ClH/c1-11-5-2-3-6-12(11)9-15-8-4-7-13(14)10-15;/h2-3,5-6,13H,4,7-10,14H2,1H3;1H. The first kappa shape index (κ1) is 13.5. The van der Waals surface area contributed by atoms with Crippen molar-refractivity contribution >= 4 is 12.4 Å². The molecule has 16 heavy (non-hydrogen) atoms. The van der Waals surface area contributed by atoms with Crippen LogP contribution < -0.4 is 5.73 Å². The molecule has 1 aliphatic rings. The van der Waals surface area contributed by atoms with E-state index in [1.165, 1.54) is 30.5 Å². The maximum atomic E-state index is 5.98. The Bertz CT molecular complexity index is 327. The highest BCUT2D eigenvalue weighted by molar-refractivity contribution is 5.85. The number of piperidine rings is 1. The molecule has 2 nitrogen and oxygen atoms in total. The average molecular weight is 241 g/mol. The summed E-state index contributed by atoms with van der Waals surface area (Å²) in [5.41, 5.74) is 8.80. The van der Waals surface area contributed by atoms with Crippen molar-refractivity contribution in [2.45, 2.75) is 32.4 Å². The molecule has 2 rings (SSSR count). The van der Waals surface area contributed by atoms with Gasteiger partial charge in [0.1, 0.15) is 0 Å². The van der Waals surface area contributed by atoms with Gasteiger partial charge in [-0.1, -0.05) is 24.3 Å². The fourth-order valence-electron chi connectivity index (χ4n) is 2.26. The second-order valence-electron chi connectivity index (χ2n) is 4.56. The Morgan fingerprint density at radius 2 is 2.12 bits per heavy atom. The van der Waals surface area contributed by atoms with Crippen LogP contribution in [0.4, 0.5) is 0 Å². The third-order valence-electron chi connectivity index (χ3n) is 3.20. The second kappa shape index (κ2) is 6.24. The minimum absolute atomic E-state index is 0. The molecule has 2 N–H and O–H groups in total. The number of rotatable bonds is 2. The Morgan fingerprint density at radius 1 is 1.38 bits per heavy atom. The number of aryl methyl sites for hydroxylation is 1. The lowest BCUT2D eigenvalue weighted by atomic mass is 10.0. The first-order valence-electron chi connectivity index (χ1n) is 5.78. The lowest BCUT2D eigenvalue weighted by Crippen LogP contribution is -2.42. The SMILES string of the molecule is Cc1ccccc1CN1CCCC(N)C1.Cl. The molecule has 1 unspecified atom stereocenters. The molecule has 3 heteroatoms. The molecule has 1 aliphatic heterocycles. The van der Waals surface area contributed by atoms with E-state index in [0.717, 1.165) is 13.1 Å². The molecule has 90 valence electrons. The van der Waals surface area contributed by atoms with E-state index in [1.54, 1.807) is 0 Å². The molecule has 1 aromatic rings. The third kappa shape index (κ3) is 3.48. The van der Waals surface area contributed by atoms with Gasteiger partial charge >= 0.3 is 0 Å². The fourth-order valence-corrected chi connectivity index (χ4v) is 2.26. The summed E-state index contributed by atoms with van der Waals surface area (Å²) >= 11 is 0. The minimum atomic E-state index is 0. The van der Waals surface area contributed by atoms with Gasteiger partial charge in [0.05, 0.1) is 0 Å². The smallest absolute Gasteiger partial charge is 0.0237 e. The van der Waals surface area contributed by atoms with Gasteiger partial charge in [-0.05, 0) is 37.4 Å². The van der Waals surface area contributed by atoms with Crippen molar-refractivity contribution in [2.24, 2.45) is 5.73 Å². The average Bonchev–Trinajstić information content (AvgIpc) is 2.22. The summed E-state index contributed by atoms with van der Waals surface area (Å²) in [4.78, 5) is 2.47. The van der Waals surface area contributed by atoms with Crippen LogP contribution in [0, 0.1) is 6.92 Å². The van der Waals surface area contributed by atoms with Crippen LogP contribution in [0.15, 0.2) is 24.3 Å². The molecule has 1 atom stereocenters. The number of hydrogen-bond donors (Lipinski definition) is 1. The van der Waals surface area contributed by atoms with Crippen molar-refractivity contribution in [3.8, 4) is 0 Å². The zero-order valence-corrected chi connectivity index (χ0v) is 10.7. The van der Waals surface area contributed by atoms with Crippen molar-refractivity contribution in [1.29, 1.82) is 0 Å². The Kier molecular flexibility index (Phi) is 5.26. The summed E-state index contributed by atoms with van der Waals surface area (Å²) in [5.74, 6) is 0. The summed E-state index contributed by atoms with van der Waals surface area (Å²) in [6.45, 7) is 5.48. The molecular formula is C13H21ClN2. The van der Waals surface area contributed by atoms with Gasteiger partial charge < -0.3 is 5.73 Å². The molecule has 1 saturated heterocycles. The quantitative estimate of drug-likeness (QED) is 0.860. The van der Waals surface area contributed by atoms with Gasteiger partial charge in [-0.25, -0.2) is 0 Å². The molecule has 1 fully saturated rings. The van der Waals surface area contributed by atoms with Gasteiger partial charge in [0.15, 0.2) is 0 Å². The number of benzene rings is 1. The van der Waals surface area contributed by atoms with Crippen molar-refractivity contribution in [3.05, 3.63) is 35.4 Å². The van der Waals surface area contributed by atoms with E-state index in [1.807, 2.05) is 0 Å². The Morgan fingerprint density at radius 3 is 2.81 bits per heavy atom. The highest BCUT2D eigenvalue weighted by Gasteiger charge is 2.16. The number of nitrogens with two attached hydrogens (primary N) is 1. The van der Waals surface area contributed by atoms with Crippen molar-refractivity contribution in [1.82, 2.24) is 4.90 Å². The van der Waals surface area contributed by atoms with Crippen LogP contribution in [0.1, 0.15) is 24.0 Å². The first-order valence-corrected chi connectivity index (χ1v) is 5.78. The van der Waals surface area contributed by atoms with Crippen molar-refractivity contribution in [2.75, 3.05) is 13.1 Å². The van der Waals surface area contributed by atoms with Crippen LogP contribution in [0.25, 0.3) is 0 Å². The van der Waals surface area contributed by atoms with Crippen molar-refractivity contribution in [3.63, 3.8) is 0 Å². The number of nitrogens with zero attached hydrogens (tertiary/aromatic N) is 1. The summed E-state index contributed by atoms with van der Waals surface area (Å²) in [6.07, 6.45) is 2.43. The zero-order chi connectivity index (χ0) is 10.7. The van der Waals surface area contributed by atoms with E-state index < -0.39 is 0 Å². The Balaban J connectivity index is 0.00000128. The topological polar surface area (TPSA) is 29.3 Å². The Labute approximate surface area is 104 Å². The molecule has 1 aromatic carbocycles. The second-order valence-corrected chi connectivity index (χ2v) is 4.56. The largest absolute Gasteiger partial charge is 0.327 e. The maximum absolute atomic E-state index is 5.98. The number of likely N-dealkylation sites (tertiary alicyclic amines) is 1. The fraction of sp³-hybridized carbons (Fsp3) is 0.538. The van der Waals surface area contributed by atoms with Gasteiger partial charge in [-0.3, -0.25) is 4.90 Å². The lowest BCUT2D eigenvalue weighted by Gasteiger charge is -2.31. The van der Waals surface area contributed by atoms with Crippen LogP contribution in [0.5, 0.6) is 0 Å². The molecule has 0 aromatic heterocycles. The van der Waals surface area contributed by atoms with E-state index in [9.17, 15) is 0 Å². The molecule has 0 radical (unpaired) electrons. The Hall–Kier alpha value is -0.570. The molecule has 0 aliphatic carbocycles. The summed E-state index contributed by atoms with van der Waals surface area (Å²) < 4.78 is 0. The molecule has 1 heterocycles. The van der Waals surface area contributed by atoms with Crippen molar-refractivity contribution < 1.29 is 0 Å². The lowest BCUT2D eigenvalue weighted by molar-refractivity contribution is 0.201. The van der Waals surface area contributed by atoms with Crippen LogP contribution >= 0.6 is 12.4 Å². The van der Waals surface area contributed by atoms with Crippen LogP contribution in [0.3, 0.4) is 0 Å². The normalized spacial score (nSPS) is 21.5. The number of hydrogen-bond acceptors (Lipinski definition) is 2. The predicted molar refractivity (Wildman–Crippen MR) is 70.9 cm³/mol. The summed E-state index contributed by atoms with van der Waals surface area (Å²) in [7, 11) is 0. The molecule has 0 amide bonds. The van der Waals surface area contributed by atoms with E-state index in [2.05, 4.69) is 36.1 Å². The van der Waals surface area contributed by atoms with Gasteiger partial charge in [0.25, 0.3) is 0 Å². The van der Waals surface area contributed by atoms with Gasteiger partial charge in [0, 0.05) is 19.1 Å². The molecule has 0 spiro atoms. The minimum Gasteiger partial charge on any atom is -0.327 e. The maximum Gasteiger partial charge on any atom is 0.0237 e. The molecule has 0 saturated carbocycles. The van der Waals surface area contributed by atoms with Gasteiger partial charge in [0.2, 0.25) is 0 Å². The summed E-state index contributed by atoms with van der Waals surface area (Å²) in [5, 5.41) is 0. The van der Waals surface area contributed by atoms with Gasteiger partial charge in [-0.15, -0.1) is 12.4 Å². The zero-order valence-electron chi connectivity index (χ0n) is 9.86. The van der Waals surface area contributed by atoms with Gasteiger partial charge in [-0.2, -0.15) is 0 Å². The molecule has 0 bridgehead atoms. The van der Waals surface area contributed by atoms with E-state index in [4.69, 9.17) is 5.73 Å².